The molecule has 170 valence electrons. The van der Waals surface area contributed by atoms with Gasteiger partial charge in [0.05, 0.1) is 4.92 Å². The van der Waals surface area contributed by atoms with Gasteiger partial charge in [-0.15, -0.1) is 0 Å². The molecule has 0 aromatic heterocycles. The van der Waals surface area contributed by atoms with Gasteiger partial charge in [0, 0.05) is 34.2 Å². The van der Waals surface area contributed by atoms with Crippen molar-refractivity contribution in [1.29, 1.82) is 0 Å². The number of carbonyl (C=O) groups is 4. The SMILES string of the molecule is CC(C(=O)OCC(=O)c1ccc([N+](=O)[O-])cc1)N1C(=O)c2ccc3c4c(ccc(c24)C1=O)CC3. The van der Waals surface area contributed by atoms with Gasteiger partial charge in [0.2, 0.25) is 0 Å². The third-order valence-corrected chi connectivity index (χ3v) is 6.37. The van der Waals surface area contributed by atoms with Gasteiger partial charge in [-0.2, -0.15) is 0 Å². The van der Waals surface area contributed by atoms with Crippen molar-refractivity contribution >= 4 is 40.0 Å². The van der Waals surface area contributed by atoms with Gasteiger partial charge in [-0.1, -0.05) is 12.1 Å². The number of imide groups is 1. The maximum atomic E-state index is 13.2. The zero-order valence-corrected chi connectivity index (χ0v) is 18.1. The van der Waals surface area contributed by atoms with Crippen LogP contribution in [0, 0.1) is 10.1 Å². The molecule has 0 saturated heterocycles. The second-order valence-electron chi connectivity index (χ2n) is 8.29. The van der Waals surface area contributed by atoms with Crippen molar-refractivity contribution in [2.75, 3.05) is 6.61 Å². The number of Topliss-reactive ketones (excluding diaryl/α,β-unsaturated/α-hetero) is 1. The van der Waals surface area contributed by atoms with Crippen molar-refractivity contribution in [1.82, 2.24) is 4.90 Å². The van der Waals surface area contributed by atoms with Crippen molar-refractivity contribution in [3.63, 3.8) is 0 Å². The zero-order chi connectivity index (χ0) is 24.1. The summed E-state index contributed by atoms with van der Waals surface area (Å²) in [6.07, 6.45) is 1.71. The van der Waals surface area contributed by atoms with Gasteiger partial charge in [0.15, 0.2) is 12.4 Å². The molecular weight excluding hydrogens is 440 g/mol. The molecule has 2 aliphatic rings. The smallest absolute Gasteiger partial charge is 0.329 e. The minimum Gasteiger partial charge on any atom is -0.456 e. The summed E-state index contributed by atoms with van der Waals surface area (Å²) in [4.78, 5) is 62.5. The lowest BCUT2D eigenvalue weighted by Gasteiger charge is -2.31. The molecule has 9 nitrogen and oxygen atoms in total. The second-order valence-corrected chi connectivity index (χ2v) is 8.29. The first-order valence-electron chi connectivity index (χ1n) is 10.7. The Morgan fingerprint density at radius 2 is 1.50 bits per heavy atom. The third-order valence-electron chi connectivity index (χ3n) is 6.37. The van der Waals surface area contributed by atoms with Gasteiger partial charge in [-0.25, -0.2) is 4.79 Å². The zero-order valence-electron chi connectivity index (χ0n) is 18.1. The normalized spacial score (nSPS) is 14.9. The second kappa shape index (κ2) is 7.87. The topological polar surface area (TPSA) is 124 Å². The van der Waals surface area contributed by atoms with Crippen LogP contribution in [0.3, 0.4) is 0 Å². The van der Waals surface area contributed by atoms with E-state index < -0.39 is 41.1 Å². The molecule has 0 fully saturated rings. The molecule has 1 atom stereocenters. The number of hydrogen-bond acceptors (Lipinski definition) is 7. The van der Waals surface area contributed by atoms with Gasteiger partial charge < -0.3 is 4.74 Å². The van der Waals surface area contributed by atoms with Crippen LogP contribution in [0.4, 0.5) is 5.69 Å². The average Bonchev–Trinajstić information content (AvgIpc) is 3.27. The first kappa shape index (κ1) is 21.4. The minimum atomic E-state index is -1.25. The lowest BCUT2D eigenvalue weighted by atomic mass is 9.90. The van der Waals surface area contributed by atoms with E-state index in [2.05, 4.69) is 0 Å². The number of aryl methyl sites for hydroxylation is 2. The fraction of sp³-hybridized carbons (Fsp3) is 0.200. The molecule has 3 aromatic rings. The predicted molar refractivity (Wildman–Crippen MR) is 120 cm³/mol. The molecule has 1 heterocycles. The van der Waals surface area contributed by atoms with E-state index in [-0.39, 0.29) is 11.3 Å². The molecular formula is C25H18N2O7. The van der Waals surface area contributed by atoms with E-state index >= 15 is 0 Å². The Labute approximate surface area is 193 Å². The molecule has 3 aromatic carbocycles. The van der Waals surface area contributed by atoms with E-state index in [9.17, 15) is 29.3 Å². The Hall–Kier alpha value is -4.40. The van der Waals surface area contributed by atoms with Crippen LogP contribution in [0.25, 0.3) is 10.8 Å². The highest BCUT2D eigenvalue weighted by molar-refractivity contribution is 6.27. The van der Waals surface area contributed by atoms with Crippen LogP contribution >= 0.6 is 0 Å². The number of rotatable bonds is 6. The first-order chi connectivity index (χ1) is 16.3. The summed E-state index contributed by atoms with van der Waals surface area (Å²) in [6.45, 7) is 0.744. The minimum absolute atomic E-state index is 0.133. The Balaban J connectivity index is 1.34. The van der Waals surface area contributed by atoms with Crippen molar-refractivity contribution < 1.29 is 28.8 Å². The molecule has 1 aliphatic carbocycles. The van der Waals surface area contributed by atoms with Crippen molar-refractivity contribution in [2.45, 2.75) is 25.8 Å². The number of hydrogen-bond donors (Lipinski definition) is 0. The lowest BCUT2D eigenvalue weighted by molar-refractivity contribution is -0.384. The Kier molecular flexibility index (Phi) is 4.97. The summed E-state index contributed by atoms with van der Waals surface area (Å²) >= 11 is 0. The molecule has 1 unspecified atom stereocenters. The van der Waals surface area contributed by atoms with Crippen LogP contribution < -0.4 is 0 Å². The van der Waals surface area contributed by atoms with Gasteiger partial charge in [0.1, 0.15) is 6.04 Å². The van der Waals surface area contributed by atoms with E-state index in [0.717, 1.165) is 34.3 Å². The maximum absolute atomic E-state index is 13.2. The van der Waals surface area contributed by atoms with Gasteiger partial charge in [0.25, 0.3) is 17.5 Å². The number of nitro groups is 1. The largest absolute Gasteiger partial charge is 0.456 e. The molecule has 0 N–H and O–H groups in total. The molecule has 2 amide bonds. The summed E-state index contributed by atoms with van der Waals surface area (Å²) in [6, 6.07) is 10.8. The number of ether oxygens (including phenoxy) is 1. The molecule has 9 heteroatoms. The van der Waals surface area contributed by atoms with Gasteiger partial charge in [-0.3, -0.25) is 29.4 Å². The van der Waals surface area contributed by atoms with Crippen LogP contribution in [0.15, 0.2) is 48.5 Å². The van der Waals surface area contributed by atoms with Crippen LogP contribution in [0.1, 0.15) is 49.1 Å². The highest BCUT2D eigenvalue weighted by atomic mass is 16.6. The summed E-state index contributed by atoms with van der Waals surface area (Å²) in [5, 5.41) is 12.3. The molecule has 0 bridgehead atoms. The molecule has 34 heavy (non-hydrogen) atoms. The van der Waals surface area contributed by atoms with E-state index in [0.29, 0.717) is 16.5 Å². The molecule has 0 saturated carbocycles. The number of benzene rings is 3. The summed E-state index contributed by atoms with van der Waals surface area (Å²) < 4.78 is 5.09. The van der Waals surface area contributed by atoms with Gasteiger partial charge in [-0.05, 0) is 60.5 Å². The van der Waals surface area contributed by atoms with Crippen LogP contribution in [-0.2, 0) is 22.4 Å². The Morgan fingerprint density at radius 1 is 0.941 bits per heavy atom. The fourth-order valence-corrected chi connectivity index (χ4v) is 4.60. The van der Waals surface area contributed by atoms with E-state index in [1.165, 1.54) is 31.2 Å². The van der Waals surface area contributed by atoms with E-state index in [4.69, 9.17) is 4.74 Å². The van der Waals surface area contributed by atoms with Gasteiger partial charge >= 0.3 is 5.97 Å². The summed E-state index contributed by atoms with van der Waals surface area (Å²) in [7, 11) is 0. The van der Waals surface area contributed by atoms with E-state index in [1.807, 2.05) is 12.1 Å². The molecule has 5 rings (SSSR count). The third kappa shape index (κ3) is 3.24. The number of ketones is 1. The fourth-order valence-electron chi connectivity index (χ4n) is 4.60. The molecule has 1 aliphatic heterocycles. The number of nitro benzene ring substituents is 1. The number of nitrogens with zero attached hydrogens (tertiary/aromatic N) is 2. The predicted octanol–water partition coefficient (Wildman–Crippen LogP) is 3.26. The van der Waals surface area contributed by atoms with Crippen molar-refractivity contribution in [3.05, 3.63) is 86.5 Å². The summed E-state index contributed by atoms with van der Waals surface area (Å²) in [5.74, 6) is -2.65. The highest BCUT2D eigenvalue weighted by Gasteiger charge is 2.40. The van der Waals surface area contributed by atoms with Crippen LogP contribution in [0.5, 0.6) is 0 Å². The van der Waals surface area contributed by atoms with E-state index in [1.54, 1.807) is 12.1 Å². The van der Waals surface area contributed by atoms with Crippen LogP contribution in [-0.4, -0.2) is 46.0 Å². The number of carbonyl (C=O) groups excluding carboxylic acids is 4. The number of non-ortho nitro benzene ring substituents is 1. The van der Waals surface area contributed by atoms with Crippen molar-refractivity contribution in [3.8, 4) is 0 Å². The lowest BCUT2D eigenvalue weighted by Crippen LogP contribution is -2.49. The van der Waals surface area contributed by atoms with Crippen molar-refractivity contribution in [2.24, 2.45) is 0 Å². The standard InChI is InChI=1S/C25H18N2O7/c1-13(25(31)34-12-20(28)14-4-8-17(9-5-14)27(32)33)26-23(29)18-10-6-15-2-3-16-7-11-19(24(26)30)22(18)21(15)16/h4-11,13H,2-3,12H2,1H3. The highest BCUT2D eigenvalue weighted by Crippen LogP contribution is 2.38. The number of amides is 2. The quantitative estimate of drug-likeness (QED) is 0.183. The van der Waals surface area contributed by atoms with Crippen LogP contribution in [0.2, 0.25) is 0 Å². The molecule has 0 radical (unpaired) electrons. The summed E-state index contributed by atoms with van der Waals surface area (Å²) in [5.41, 5.74) is 2.88. The molecule has 0 spiro atoms. The monoisotopic (exact) mass is 458 g/mol. The first-order valence-corrected chi connectivity index (χ1v) is 10.7. The number of esters is 1. The maximum Gasteiger partial charge on any atom is 0.329 e. The Bertz CT molecular complexity index is 1370. The Morgan fingerprint density at radius 3 is 2.03 bits per heavy atom. The average molecular weight is 458 g/mol.